The summed E-state index contributed by atoms with van der Waals surface area (Å²) in [6, 6.07) is 6.87. The van der Waals surface area contributed by atoms with Gasteiger partial charge in [0.05, 0.1) is 5.69 Å². The summed E-state index contributed by atoms with van der Waals surface area (Å²) >= 11 is 0. The molecule has 1 aromatic rings. The summed E-state index contributed by atoms with van der Waals surface area (Å²) in [5.41, 5.74) is 3.32. The van der Waals surface area contributed by atoms with E-state index in [1.54, 1.807) is 24.3 Å². The van der Waals surface area contributed by atoms with Crippen LogP contribution >= 0.6 is 0 Å². The van der Waals surface area contributed by atoms with Crippen LogP contribution in [0.4, 0.5) is 5.69 Å². The zero-order valence-corrected chi connectivity index (χ0v) is 7.16. The van der Waals surface area contributed by atoms with Gasteiger partial charge in [0, 0.05) is 10.8 Å². The van der Waals surface area contributed by atoms with Crippen molar-refractivity contribution < 1.29 is 10.0 Å². The number of carbonyl (C=O) groups excluding carboxylic acids is 1. The molecule has 6 nitrogen and oxygen atoms in total. The molecule has 0 saturated heterocycles. The van der Waals surface area contributed by atoms with Crippen LogP contribution in [-0.4, -0.2) is 23.1 Å². The van der Waals surface area contributed by atoms with Crippen LogP contribution in [0.3, 0.4) is 0 Å². The summed E-state index contributed by atoms with van der Waals surface area (Å²) in [5, 5.41) is 14.9. The van der Waals surface area contributed by atoms with Crippen LogP contribution in [0, 0.1) is 0 Å². The fourth-order valence-electron chi connectivity index (χ4n) is 1.19. The van der Waals surface area contributed by atoms with Gasteiger partial charge in [-0.2, -0.15) is 5.53 Å². The van der Waals surface area contributed by atoms with Crippen molar-refractivity contribution in [2.24, 2.45) is 5.10 Å². The van der Waals surface area contributed by atoms with Crippen molar-refractivity contribution in [1.82, 2.24) is 10.8 Å². The van der Waals surface area contributed by atoms with Crippen molar-refractivity contribution in [2.75, 3.05) is 5.01 Å². The molecule has 72 valence electrons. The Balaban J connectivity index is 2.39. The lowest BCUT2D eigenvalue weighted by molar-refractivity contribution is -0.124. The Labute approximate surface area is 79.9 Å². The Bertz CT molecular complexity index is 379. The first-order chi connectivity index (χ1) is 6.83. The van der Waals surface area contributed by atoms with Crippen molar-refractivity contribution in [1.29, 1.82) is 0 Å². The van der Waals surface area contributed by atoms with Gasteiger partial charge in [0.2, 0.25) is 0 Å². The van der Waals surface area contributed by atoms with E-state index < -0.39 is 0 Å². The lowest BCUT2D eigenvalue weighted by atomic mass is 10.2. The van der Waals surface area contributed by atoms with Gasteiger partial charge < -0.3 is 0 Å². The van der Waals surface area contributed by atoms with Crippen LogP contribution in [0.1, 0.15) is 10.4 Å². The molecule has 1 aliphatic rings. The van der Waals surface area contributed by atoms with Gasteiger partial charge in [-0.25, -0.2) is 5.01 Å². The molecule has 14 heavy (non-hydrogen) atoms. The smallest absolute Gasteiger partial charge is 0.152 e. The number of benzene rings is 1. The largest absolute Gasteiger partial charge is 0.298 e. The quantitative estimate of drug-likeness (QED) is 0.663. The predicted molar refractivity (Wildman–Crippen MR) is 49.6 cm³/mol. The molecule has 1 aliphatic heterocycles. The third kappa shape index (κ3) is 1.32. The molecule has 2 rings (SSSR count). The summed E-state index contributed by atoms with van der Waals surface area (Å²) in [5.74, 6) is 0. The molecule has 0 bridgehead atoms. The van der Waals surface area contributed by atoms with E-state index in [9.17, 15) is 10.0 Å². The molecule has 0 fully saturated rings. The monoisotopic (exact) mass is 192 g/mol. The molecular formula is C8H8N4O2. The van der Waals surface area contributed by atoms with Gasteiger partial charge in [0.1, 0.15) is 6.34 Å². The number of anilines is 1. The van der Waals surface area contributed by atoms with Crippen molar-refractivity contribution in [3.05, 3.63) is 29.8 Å². The molecule has 0 unspecified atom stereocenters. The fraction of sp³-hybridized carbons (Fsp3) is 0. The van der Waals surface area contributed by atoms with E-state index in [1.807, 2.05) is 0 Å². The minimum atomic E-state index is 0.474. The van der Waals surface area contributed by atoms with Gasteiger partial charge in [-0.3, -0.25) is 10.0 Å². The molecule has 0 aromatic heterocycles. The maximum Gasteiger partial charge on any atom is 0.152 e. The van der Waals surface area contributed by atoms with Crippen LogP contribution < -0.4 is 10.5 Å². The van der Waals surface area contributed by atoms with E-state index in [4.69, 9.17) is 0 Å². The Morgan fingerprint density at radius 1 is 1.43 bits per heavy atom. The molecule has 1 heterocycles. The highest BCUT2D eigenvalue weighted by Gasteiger charge is 2.18. The molecule has 0 spiro atoms. The molecule has 1 aromatic carbocycles. The molecular weight excluding hydrogens is 184 g/mol. The van der Waals surface area contributed by atoms with Gasteiger partial charge in [0.15, 0.2) is 6.29 Å². The van der Waals surface area contributed by atoms with E-state index >= 15 is 0 Å². The fourth-order valence-corrected chi connectivity index (χ4v) is 1.19. The second-order valence-electron chi connectivity index (χ2n) is 2.66. The van der Waals surface area contributed by atoms with Crippen molar-refractivity contribution in [3.63, 3.8) is 0 Å². The summed E-state index contributed by atoms with van der Waals surface area (Å²) in [6.07, 6.45) is 2.08. The Morgan fingerprint density at radius 2 is 2.21 bits per heavy atom. The highest BCUT2D eigenvalue weighted by atomic mass is 16.6. The predicted octanol–water partition coefficient (Wildman–Crippen LogP) is 0.373. The second-order valence-corrected chi connectivity index (χ2v) is 2.66. The highest BCUT2D eigenvalue weighted by Crippen LogP contribution is 2.19. The molecule has 0 atom stereocenters. The normalized spacial score (nSPS) is 15.6. The zero-order chi connectivity index (χ0) is 9.97. The van der Waals surface area contributed by atoms with E-state index in [0.29, 0.717) is 16.5 Å². The average molecular weight is 192 g/mol. The van der Waals surface area contributed by atoms with Crippen LogP contribution in [0.2, 0.25) is 0 Å². The van der Waals surface area contributed by atoms with Gasteiger partial charge in [-0.15, -0.1) is 5.10 Å². The SMILES string of the molecule is O=Cc1ccccc1N1C=NNN1O. The zero-order valence-electron chi connectivity index (χ0n) is 7.16. The number of hydrogen-bond donors (Lipinski definition) is 2. The summed E-state index contributed by atoms with van der Waals surface area (Å²) < 4.78 is 0. The van der Waals surface area contributed by atoms with E-state index in [1.165, 1.54) is 11.3 Å². The van der Waals surface area contributed by atoms with Crippen molar-refractivity contribution in [2.45, 2.75) is 0 Å². The third-order valence-electron chi connectivity index (χ3n) is 1.83. The summed E-state index contributed by atoms with van der Waals surface area (Å²) in [4.78, 5) is 10.7. The van der Waals surface area contributed by atoms with Crippen LogP contribution in [0.25, 0.3) is 0 Å². The number of rotatable bonds is 2. The molecule has 0 saturated carbocycles. The maximum absolute atomic E-state index is 10.7. The number of hydrazone groups is 1. The maximum atomic E-state index is 10.7. The summed E-state index contributed by atoms with van der Waals surface area (Å²) in [6.45, 7) is 0. The highest BCUT2D eigenvalue weighted by molar-refractivity contribution is 5.90. The number of nitrogens with one attached hydrogen (secondary N) is 1. The van der Waals surface area contributed by atoms with Gasteiger partial charge in [0.25, 0.3) is 0 Å². The molecule has 0 aliphatic carbocycles. The molecule has 2 N–H and O–H groups in total. The number of hydrogen-bond acceptors (Lipinski definition) is 6. The lowest BCUT2D eigenvalue weighted by Crippen LogP contribution is -2.40. The average Bonchev–Trinajstić information content (AvgIpc) is 2.64. The number of hydrazine groups is 2. The second kappa shape index (κ2) is 3.44. The van der Waals surface area contributed by atoms with Crippen molar-refractivity contribution >= 4 is 18.3 Å². The first-order valence-corrected chi connectivity index (χ1v) is 3.94. The molecule has 0 amide bonds. The minimum absolute atomic E-state index is 0.474. The van der Waals surface area contributed by atoms with E-state index in [0.717, 1.165) is 6.29 Å². The summed E-state index contributed by atoms with van der Waals surface area (Å²) in [7, 11) is 0. The van der Waals surface area contributed by atoms with Crippen LogP contribution in [-0.2, 0) is 0 Å². The van der Waals surface area contributed by atoms with Crippen LogP contribution in [0.5, 0.6) is 0 Å². The van der Waals surface area contributed by atoms with Crippen molar-refractivity contribution in [3.8, 4) is 0 Å². The third-order valence-corrected chi connectivity index (χ3v) is 1.83. The lowest BCUT2D eigenvalue weighted by Gasteiger charge is -2.20. The number of nitrogens with zero attached hydrogens (tertiary/aromatic N) is 3. The number of carbonyl (C=O) groups is 1. The van der Waals surface area contributed by atoms with Gasteiger partial charge in [-0.05, 0) is 12.1 Å². The van der Waals surface area contributed by atoms with Gasteiger partial charge >= 0.3 is 0 Å². The van der Waals surface area contributed by atoms with E-state index in [-0.39, 0.29) is 0 Å². The first kappa shape index (κ1) is 8.67. The Kier molecular flexibility index (Phi) is 2.13. The first-order valence-electron chi connectivity index (χ1n) is 3.94. The molecule has 0 radical (unpaired) electrons. The van der Waals surface area contributed by atoms with E-state index in [2.05, 4.69) is 10.6 Å². The topological polar surface area (TPSA) is 68.2 Å². The van der Waals surface area contributed by atoms with Crippen LogP contribution in [0.15, 0.2) is 29.4 Å². The standard InChI is InChI=1S/C8H8N4O2/c13-5-7-3-1-2-4-8(7)11-6-9-10-12(11)14/h1-6,10,14H. The number of aldehydes is 1. The Morgan fingerprint density at radius 3 is 2.86 bits per heavy atom. The minimum Gasteiger partial charge on any atom is -0.298 e. The van der Waals surface area contributed by atoms with Gasteiger partial charge in [-0.1, -0.05) is 12.1 Å². The molecule has 6 heteroatoms. The number of para-hydroxylation sites is 1. The Hall–Kier alpha value is -1.92.